The first-order valence-corrected chi connectivity index (χ1v) is 10.0. The molecule has 0 spiro atoms. The number of nitrogens with zero attached hydrogens (tertiary/aromatic N) is 1. The molecule has 0 bridgehead atoms. The molecule has 0 amide bonds. The zero-order valence-electron chi connectivity index (χ0n) is 14.9. The SMILES string of the molecule is S=C(NCCN1CCOCC1)c1ccc(OCc2ccc(Cl)c(Cl)c2)cc1. The fraction of sp³-hybridized carbons (Fsp3) is 0.350. The van der Waals surface area contributed by atoms with Gasteiger partial charge in [0.05, 0.1) is 23.3 Å². The fourth-order valence-corrected chi connectivity index (χ4v) is 3.31. The van der Waals surface area contributed by atoms with E-state index in [0.29, 0.717) is 16.7 Å². The van der Waals surface area contributed by atoms with Crippen molar-refractivity contribution in [1.82, 2.24) is 10.2 Å². The summed E-state index contributed by atoms with van der Waals surface area (Å²) >= 11 is 17.4. The van der Waals surface area contributed by atoms with Crippen LogP contribution in [0.25, 0.3) is 0 Å². The van der Waals surface area contributed by atoms with Gasteiger partial charge in [-0.15, -0.1) is 0 Å². The van der Waals surface area contributed by atoms with Gasteiger partial charge in [-0.3, -0.25) is 4.90 Å². The van der Waals surface area contributed by atoms with E-state index in [1.54, 1.807) is 6.07 Å². The Labute approximate surface area is 175 Å². The summed E-state index contributed by atoms with van der Waals surface area (Å²) < 4.78 is 11.2. The van der Waals surface area contributed by atoms with Crippen LogP contribution in [0.15, 0.2) is 42.5 Å². The zero-order valence-corrected chi connectivity index (χ0v) is 17.2. The first-order valence-electron chi connectivity index (χ1n) is 8.87. The third-order valence-corrected chi connectivity index (χ3v) is 5.44. The quantitative estimate of drug-likeness (QED) is 0.674. The summed E-state index contributed by atoms with van der Waals surface area (Å²) in [5.41, 5.74) is 1.95. The summed E-state index contributed by atoms with van der Waals surface area (Å²) in [6.07, 6.45) is 0. The van der Waals surface area contributed by atoms with Crippen molar-refractivity contribution in [3.05, 3.63) is 63.6 Å². The summed E-state index contributed by atoms with van der Waals surface area (Å²) in [6, 6.07) is 13.3. The van der Waals surface area contributed by atoms with Crippen molar-refractivity contribution in [1.29, 1.82) is 0 Å². The summed E-state index contributed by atoms with van der Waals surface area (Å²) in [7, 11) is 0. The lowest BCUT2D eigenvalue weighted by atomic mass is 10.2. The van der Waals surface area contributed by atoms with Crippen LogP contribution in [-0.4, -0.2) is 49.3 Å². The first-order chi connectivity index (χ1) is 13.1. The largest absolute Gasteiger partial charge is 0.489 e. The number of halogens is 2. The average Bonchev–Trinajstić information content (AvgIpc) is 2.70. The number of ether oxygens (including phenoxy) is 2. The van der Waals surface area contributed by atoms with Gasteiger partial charge in [-0.25, -0.2) is 0 Å². The first kappa shape index (κ1) is 20.4. The van der Waals surface area contributed by atoms with Crippen molar-refractivity contribution >= 4 is 40.4 Å². The number of hydrogen-bond acceptors (Lipinski definition) is 4. The summed E-state index contributed by atoms with van der Waals surface area (Å²) in [6.45, 7) is 5.82. The maximum atomic E-state index is 6.02. The molecule has 0 atom stereocenters. The van der Waals surface area contributed by atoms with E-state index in [1.165, 1.54) is 0 Å². The van der Waals surface area contributed by atoms with E-state index in [1.807, 2.05) is 36.4 Å². The molecule has 0 aromatic heterocycles. The Morgan fingerprint density at radius 2 is 1.81 bits per heavy atom. The highest BCUT2D eigenvalue weighted by Crippen LogP contribution is 2.23. The van der Waals surface area contributed by atoms with Crippen LogP contribution in [0, 0.1) is 0 Å². The molecular weight excluding hydrogens is 403 g/mol. The van der Waals surface area contributed by atoms with E-state index >= 15 is 0 Å². The Bertz CT molecular complexity index is 765. The van der Waals surface area contributed by atoms with E-state index in [4.69, 9.17) is 44.9 Å². The smallest absolute Gasteiger partial charge is 0.119 e. The van der Waals surface area contributed by atoms with Crippen LogP contribution >= 0.6 is 35.4 Å². The number of benzene rings is 2. The predicted octanol–water partition coefficient (Wildman–Crippen LogP) is 4.17. The predicted molar refractivity (Wildman–Crippen MR) is 114 cm³/mol. The number of nitrogens with one attached hydrogen (secondary N) is 1. The number of rotatable bonds is 7. The molecule has 0 aliphatic carbocycles. The molecule has 1 N–H and O–H groups in total. The van der Waals surface area contributed by atoms with Crippen LogP contribution in [0.1, 0.15) is 11.1 Å². The highest BCUT2D eigenvalue weighted by atomic mass is 35.5. The molecule has 0 radical (unpaired) electrons. The van der Waals surface area contributed by atoms with Gasteiger partial charge in [0.2, 0.25) is 0 Å². The van der Waals surface area contributed by atoms with Gasteiger partial charge < -0.3 is 14.8 Å². The Morgan fingerprint density at radius 1 is 1.07 bits per heavy atom. The van der Waals surface area contributed by atoms with Crippen molar-refractivity contribution < 1.29 is 9.47 Å². The summed E-state index contributed by atoms with van der Waals surface area (Å²) in [4.78, 5) is 3.12. The molecule has 3 rings (SSSR count). The van der Waals surface area contributed by atoms with Crippen LogP contribution < -0.4 is 10.1 Å². The van der Waals surface area contributed by atoms with Crippen molar-refractivity contribution in [2.75, 3.05) is 39.4 Å². The van der Waals surface area contributed by atoms with Crippen molar-refractivity contribution in [3.8, 4) is 5.75 Å². The minimum atomic E-state index is 0.429. The van der Waals surface area contributed by atoms with Gasteiger partial charge in [0.1, 0.15) is 17.3 Å². The molecule has 1 aliphatic heterocycles. The van der Waals surface area contributed by atoms with Gasteiger partial charge >= 0.3 is 0 Å². The minimum absolute atomic E-state index is 0.429. The van der Waals surface area contributed by atoms with Gasteiger partial charge in [-0.2, -0.15) is 0 Å². The van der Waals surface area contributed by atoms with E-state index in [2.05, 4.69) is 10.2 Å². The number of thiocarbonyl (C=S) groups is 1. The molecule has 0 unspecified atom stereocenters. The molecule has 7 heteroatoms. The molecule has 2 aromatic carbocycles. The lowest BCUT2D eigenvalue weighted by Gasteiger charge is -2.26. The van der Waals surface area contributed by atoms with Gasteiger partial charge in [0, 0.05) is 31.7 Å². The van der Waals surface area contributed by atoms with E-state index < -0.39 is 0 Å². The summed E-state index contributed by atoms with van der Waals surface area (Å²) in [5, 5.41) is 4.39. The third-order valence-electron chi connectivity index (χ3n) is 4.32. The highest BCUT2D eigenvalue weighted by molar-refractivity contribution is 7.80. The van der Waals surface area contributed by atoms with Crippen LogP contribution in [-0.2, 0) is 11.3 Å². The Kier molecular flexibility index (Phi) is 7.73. The van der Waals surface area contributed by atoms with Crippen LogP contribution in [0.4, 0.5) is 0 Å². The number of hydrogen-bond donors (Lipinski definition) is 1. The maximum Gasteiger partial charge on any atom is 0.119 e. The number of morpholine rings is 1. The molecule has 0 saturated carbocycles. The standard InChI is InChI=1S/C20H22Cl2N2O2S/c21-18-6-1-15(13-19(18)22)14-26-17-4-2-16(3-5-17)20(27)23-7-8-24-9-11-25-12-10-24/h1-6,13H,7-12,14H2,(H,23,27). The molecule has 27 heavy (non-hydrogen) atoms. The molecular formula is C20H22Cl2N2O2S. The van der Waals surface area contributed by atoms with E-state index in [9.17, 15) is 0 Å². The van der Waals surface area contributed by atoms with Crippen molar-refractivity contribution in [2.24, 2.45) is 0 Å². The average molecular weight is 425 g/mol. The molecule has 1 aliphatic rings. The Hall–Kier alpha value is -1.37. The lowest BCUT2D eigenvalue weighted by Crippen LogP contribution is -2.41. The fourth-order valence-electron chi connectivity index (χ4n) is 2.75. The maximum absolute atomic E-state index is 6.02. The van der Waals surface area contributed by atoms with Crippen molar-refractivity contribution in [2.45, 2.75) is 6.61 Å². The monoisotopic (exact) mass is 424 g/mol. The topological polar surface area (TPSA) is 33.7 Å². The zero-order chi connectivity index (χ0) is 19.1. The molecule has 4 nitrogen and oxygen atoms in total. The minimum Gasteiger partial charge on any atom is -0.489 e. The Balaban J connectivity index is 1.44. The van der Waals surface area contributed by atoms with Gasteiger partial charge in [-0.05, 0) is 42.0 Å². The van der Waals surface area contributed by atoms with Crippen molar-refractivity contribution in [3.63, 3.8) is 0 Å². The molecule has 1 heterocycles. The molecule has 2 aromatic rings. The second kappa shape index (κ2) is 10.2. The third kappa shape index (κ3) is 6.33. The van der Waals surface area contributed by atoms with Crippen LogP contribution in [0.5, 0.6) is 5.75 Å². The molecule has 144 valence electrons. The van der Waals surface area contributed by atoms with Gasteiger partial charge in [-0.1, -0.05) is 41.5 Å². The van der Waals surface area contributed by atoms with Gasteiger partial charge in [0.15, 0.2) is 0 Å². The second-order valence-electron chi connectivity index (χ2n) is 6.27. The van der Waals surface area contributed by atoms with E-state index in [-0.39, 0.29) is 0 Å². The normalized spacial score (nSPS) is 14.7. The second-order valence-corrected chi connectivity index (χ2v) is 7.49. The Morgan fingerprint density at radius 3 is 2.52 bits per heavy atom. The van der Waals surface area contributed by atoms with Crippen LogP contribution in [0.3, 0.4) is 0 Å². The van der Waals surface area contributed by atoms with E-state index in [0.717, 1.165) is 61.3 Å². The molecule has 1 fully saturated rings. The van der Waals surface area contributed by atoms with Crippen LogP contribution in [0.2, 0.25) is 10.0 Å². The molecule has 1 saturated heterocycles. The van der Waals surface area contributed by atoms with Gasteiger partial charge in [0.25, 0.3) is 0 Å². The summed E-state index contributed by atoms with van der Waals surface area (Å²) in [5.74, 6) is 0.779. The lowest BCUT2D eigenvalue weighted by molar-refractivity contribution is 0.0389. The highest BCUT2D eigenvalue weighted by Gasteiger charge is 2.10.